The third-order valence-corrected chi connectivity index (χ3v) is 4.03. The molecule has 1 aromatic heterocycles. The lowest BCUT2D eigenvalue weighted by Gasteiger charge is -2.04. The number of phenols is 1. The summed E-state index contributed by atoms with van der Waals surface area (Å²) in [5.74, 6) is -1.20. The van der Waals surface area contributed by atoms with Crippen LogP contribution in [0.15, 0.2) is 15.0 Å². The molecule has 0 aliphatic rings. The van der Waals surface area contributed by atoms with Gasteiger partial charge in [-0.05, 0) is 28.9 Å². The number of carbonyl (C=O) groups is 2. The van der Waals surface area contributed by atoms with E-state index in [1.54, 1.807) is 6.07 Å². The van der Waals surface area contributed by atoms with Crippen LogP contribution >= 0.6 is 31.9 Å². The zero-order chi connectivity index (χ0) is 15.0. The molecule has 0 saturated carbocycles. The van der Waals surface area contributed by atoms with Gasteiger partial charge in [-0.1, -0.05) is 15.9 Å². The van der Waals surface area contributed by atoms with Crippen molar-refractivity contribution in [3.05, 3.63) is 27.4 Å². The number of phenolic OH excluding ortho intramolecular Hbond substituents is 1. The van der Waals surface area contributed by atoms with Gasteiger partial charge >= 0.3 is 5.97 Å². The molecule has 7 heteroatoms. The molecule has 1 heterocycles. The summed E-state index contributed by atoms with van der Waals surface area (Å²) >= 11 is 6.47. The summed E-state index contributed by atoms with van der Waals surface area (Å²) in [7, 11) is 1.24. The fourth-order valence-electron chi connectivity index (χ4n) is 1.96. The Balaban J connectivity index is 2.93. The van der Waals surface area contributed by atoms with Crippen molar-refractivity contribution in [2.45, 2.75) is 12.3 Å². The first-order valence-electron chi connectivity index (χ1n) is 5.54. The Morgan fingerprint density at radius 2 is 2.10 bits per heavy atom. The number of benzene rings is 1. The largest absolute Gasteiger partial charge is 0.506 e. The number of ketones is 1. The molecule has 20 heavy (non-hydrogen) atoms. The first-order valence-corrected chi connectivity index (χ1v) is 7.45. The first kappa shape index (κ1) is 15.1. The summed E-state index contributed by atoms with van der Waals surface area (Å²) in [6.45, 7) is 1.31. The minimum absolute atomic E-state index is 0.0133. The molecule has 0 fully saturated rings. The Labute approximate surface area is 131 Å². The van der Waals surface area contributed by atoms with Gasteiger partial charge in [0.25, 0.3) is 0 Å². The molecule has 0 atom stereocenters. The number of ether oxygens (including phenoxy) is 1. The number of halogens is 2. The number of aromatic hydroxyl groups is 1. The number of methoxy groups -OCH3 is 1. The molecule has 0 radical (unpaired) electrons. The molecular formula is C13H10Br2O5. The Bertz CT molecular complexity index is 717. The molecule has 0 saturated heterocycles. The number of furan rings is 1. The highest BCUT2D eigenvalue weighted by atomic mass is 79.9. The Hall–Kier alpha value is -1.34. The third-order valence-electron chi connectivity index (χ3n) is 2.87. The van der Waals surface area contributed by atoms with Crippen molar-refractivity contribution in [2.75, 3.05) is 7.11 Å². The molecular weight excluding hydrogens is 396 g/mol. The van der Waals surface area contributed by atoms with Crippen molar-refractivity contribution in [1.29, 1.82) is 0 Å². The average Bonchev–Trinajstić information content (AvgIpc) is 2.76. The second kappa shape index (κ2) is 5.57. The number of fused-ring (bicyclic) bond motifs is 1. The quantitative estimate of drug-likeness (QED) is 0.477. The molecule has 2 rings (SSSR count). The number of rotatable bonds is 3. The first-order chi connectivity index (χ1) is 9.42. The van der Waals surface area contributed by atoms with Gasteiger partial charge in [0.1, 0.15) is 16.9 Å². The van der Waals surface area contributed by atoms with Gasteiger partial charge in [-0.15, -0.1) is 0 Å². The molecule has 0 aliphatic heterocycles. The van der Waals surface area contributed by atoms with Gasteiger partial charge in [0.2, 0.25) is 5.76 Å². The van der Waals surface area contributed by atoms with E-state index in [0.29, 0.717) is 20.8 Å². The zero-order valence-corrected chi connectivity index (χ0v) is 13.8. The summed E-state index contributed by atoms with van der Waals surface area (Å²) < 4.78 is 10.5. The van der Waals surface area contributed by atoms with Crippen LogP contribution in [0.3, 0.4) is 0 Å². The predicted octanol–water partition coefficient (Wildman–Crippen LogP) is 3.79. The van der Waals surface area contributed by atoms with Crippen LogP contribution in [0, 0.1) is 0 Å². The summed E-state index contributed by atoms with van der Waals surface area (Å²) in [6.07, 6.45) is 0. The van der Waals surface area contributed by atoms with Crippen LogP contribution < -0.4 is 0 Å². The van der Waals surface area contributed by atoms with E-state index in [0.717, 1.165) is 0 Å². The molecule has 106 valence electrons. The van der Waals surface area contributed by atoms with Crippen LogP contribution in [0.4, 0.5) is 0 Å². The number of Topliss-reactive ketones (excluding diaryl/α,β-unsaturated/α-hetero) is 1. The van der Waals surface area contributed by atoms with Gasteiger partial charge in [-0.2, -0.15) is 0 Å². The van der Waals surface area contributed by atoms with Gasteiger partial charge in [-0.3, -0.25) is 4.79 Å². The number of alkyl halides is 1. The van der Waals surface area contributed by atoms with E-state index in [1.807, 2.05) is 0 Å². The predicted molar refractivity (Wildman–Crippen MR) is 79.6 cm³/mol. The zero-order valence-electron chi connectivity index (χ0n) is 10.6. The number of hydrogen-bond donors (Lipinski definition) is 1. The van der Waals surface area contributed by atoms with Gasteiger partial charge in [0.15, 0.2) is 5.78 Å². The molecule has 1 aromatic carbocycles. The molecule has 5 nitrogen and oxygen atoms in total. The van der Waals surface area contributed by atoms with E-state index in [4.69, 9.17) is 4.42 Å². The maximum atomic E-state index is 11.7. The lowest BCUT2D eigenvalue weighted by atomic mass is 10.1. The van der Waals surface area contributed by atoms with Crippen LogP contribution in [0.25, 0.3) is 11.0 Å². The SMILES string of the molecule is COC(=O)c1oc2c(C(C)=O)c(O)c(Br)cc2c1CBr. The molecule has 0 bridgehead atoms. The maximum Gasteiger partial charge on any atom is 0.374 e. The van der Waals surface area contributed by atoms with E-state index < -0.39 is 5.97 Å². The average molecular weight is 406 g/mol. The number of hydrogen-bond acceptors (Lipinski definition) is 5. The summed E-state index contributed by atoms with van der Waals surface area (Å²) in [4.78, 5) is 23.4. The Morgan fingerprint density at radius 1 is 1.45 bits per heavy atom. The number of esters is 1. The van der Waals surface area contributed by atoms with Gasteiger partial charge < -0.3 is 14.3 Å². The van der Waals surface area contributed by atoms with Crippen molar-refractivity contribution < 1.29 is 23.8 Å². The van der Waals surface area contributed by atoms with Crippen molar-refractivity contribution in [3.8, 4) is 5.75 Å². The second-order valence-corrected chi connectivity index (χ2v) is 5.46. The topological polar surface area (TPSA) is 76.7 Å². The molecule has 0 unspecified atom stereocenters. The lowest BCUT2D eigenvalue weighted by molar-refractivity contribution is 0.0566. The maximum absolute atomic E-state index is 11.7. The van der Waals surface area contributed by atoms with Crippen molar-refractivity contribution in [3.63, 3.8) is 0 Å². The fraction of sp³-hybridized carbons (Fsp3) is 0.231. The van der Waals surface area contributed by atoms with E-state index in [-0.39, 0.29) is 28.4 Å². The molecule has 0 spiro atoms. The summed E-state index contributed by atoms with van der Waals surface area (Å²) in [5, 5.41) is 10.9. The summed E-state index contributed by atoms with van der Waals surface area (Å²) in [5.41, 5.74) is 0.773. The van der Waals surface area contributed by atoms with Crippen LogP contribution in [0.1, 0.15) is 33.4 Å². The fourth-order valence-corrected chi connectivity index (χ4v) is 2.94. The molecule has 2 aromatic rings. The lowest BCUT2D eigenvalue weighted by Crippen LogP contribution is -2.01. The van der Waals surface area contributed by atoms with Crippen molar-refractivity contribution >= 4 is 54.6 Å². The summed E-state index contributed by atoms with van der Waals surface area (Å²) in [6, 6.07) is 1.60. The monoisotopic (exact) mass is 404 g/mol. The van der Waals surface area contributed by atoms with Crippen molar-refractivity contribution in [2.24, 2.45) is 0 Å². The minimum Gasteiger partial charge on any atom is -0.506 e. The van der Waals surface area contributed by atoms with Crippen molar-refractivity contribution in [1.82, 2.24) is 0 Å². The van der Waals surface area contributed by atoms with Gasteiger partial charge in [0.05, 0.1) is 11.6 Å². The van der Waals surface area contributed by atoms with Gasteiger partial charge in [-0.25, -0.2) is 4.79 Å². The minimum atomic E-state index is -0.638. The smallest absolute Gasteiger partial charge is 0.374 e. The van der Waals surface area contributed by atoms with Crippen LogP contribution in [0.5, 0.6) is 5.75 Å². The standard InChI is InChI=1S/C13H10Br2O5/c1-5(16)9-10(17)8(15)3-6-7(4-14)12(13(18)19-2)20-11(6)9/h3,17H,4H2,1-2H3. The third kappa shape index (κ3) is 2.25. The number of carbonyl (C=O) groups excluding carboxylic acids is 2. The highest BCUT2D eigenvalue weighted by Crippen LogP contribution is 2.39. The van der Waals surface area contributed by atoms with E-state index in [1.165, 1.54) is 14.0 Å². The van der Waals surface area contributed by atoms with E-state index in [2.05, 4.69) is 36.6 Å². The van der Waals surface area contributed by atoms with Crippen LogP contribution in [-0.4, -0.2) is 24.0 Å². The second-order valence-electron chi connectivity index (χ2n) is 4.05. The normalized spacial score (nSPS) is 10.8. The molecule has 1 N–H and O–H groups in total. The van der Waals surface area contributed by atoms with Crippen LogP contribution in [0.2, 0.25) is 0 Å². The molecule has 0 aliphatic carbocycles. The molecule has 0 amide bonds. The van der Waals surface area contributed by atoms with E-state index >= 15 is 0 Å². The van der Waals surface area contributed by atoms with Gasteiger partial charge in [0, 0.05) is 16.3 Å². The van der Waals surface area contributed by atoms with E-state index in [9.17, 15) is 14.7 Å². The van der Waals surface area contributed by atoms with Crippen LogP contribution in [-0.2, 0) is 10.1 Å². The highest BCUT2D eigenvalue weighted by Gasteiger charge is 2.26. The highest BCUT2D eigenvalue weighted by molar-refractivity contribution is 9.10. The Morgan fingerprint density at radius 3 is 2.60 bits per heavy atom. The Kier molecular flexibility index (Phi) is 4.19.